The molecule has 0 saturated carbocycles. The Hall–Kier alpha value is -2.26. The highest BCUT2D eigenvalue weighted by molar-refractivity contribution is 9.10. The van der Waals surface area contributed by atoms with Crippen LogP contribution in [-0.4, -0.2) is 14.9 Å². The molecule has 9 heteroatoms. The van der Waals surface area contributed by atoms with Crippen molar-refractivity contribution in [1.29, 1.82) is 0 Å². The Balaban J connectivity index is 2.48. The number of hydrogen-bond donors (Lipinski definition) is 3. The van der Waals surface area contributed by atoms with Crippen LogP contribution in [0.5, 0.6) is 0 Å². The van der Waals surface area contributed by atoms with Crippen LogP contribution in [0.15, 0.2) is 22.7 Å². The third-order valence-electron chi connectivity index (χ3n) is 2.79. The molecule has 0 radical (unpaired) electrons. The van der Waals surface area contributed by atoms with Gasteiger partial charge >= 0.3 is 5.69 Å². The van der Waals surface area contributed by atoms with Crippen LogP contribution in [0.25, 0.3) is 0 Å². The van der Waals surface area contributed by atoms with E-state index in [0.29, 0.717) is 5.69 Å². The highest BCUT2D eigenvalue weighted by atomic mass is 79.9. The van der Waals surface area contributed by atoms with Crippen molar-refractivity contribution in [3.63, 3.8) is 0 Å². The maximum absolute atomic E-state index is 11.2. The average molecular weight is 353 g/mol. The van der Waals surface area contributed by atoms with E-state index in [9.17, 15) is 10.1 Å². The fourth-order valence-electron chi connectivity index (χ4n) is 1.80. The van der Waals surface area contributed by atoms with Crippen LogP contribution >= 0.6 is 15.9 Å². The number of rotatable bonds is 4. The molecule has 0 atom stereocenters. The summed E-state index contributed by atoms with van der Waals surface area (Å²) in [6, 6.07) is 5.48. The monoisotopic (exact) mass is 352 g/mol. The lowest BCUT2D eigenvalue weighted by Crippen LogP contribution is -2.13. The molecular formula is C12H13BrN6O2. The molecule has 2 aromatic rings. The molecule has 0 bridgehead atoms. The van der Waals surface area contributed by atoms with Crippen molar-refractivity contribution >= 4 is 39.1 Å². The summed E-state index contributed by atoms with van der Waals surface area (Å²) in [5.41, 5.74) is 4.00. The molecule has 0 saturated heterocycles. The number of nitrogens with zero attached hydrogens (tertiary/aromatic N) is 3. The Morgan fingerprint density at radius 2 is 2.05 bits per heavy atom. The number of aromatic nitrogens is 2. The summed E-state index contributed by atoms with van der Waals surface area (Å²) < 4.78 is 0.950. The van der Waals surface area contributed by atoms with Gasteiger partial charge in [0.25, 0.3) is 0 Å². The van der Waals surface area contributed by atoms with Crippen LogP contribution in [0.4, 0.5) is 23.1 Å². The third kappa shape index (κ3) is 3.26. The molecule has 0 unspecified atom stereocenters. The molecule has 0 aliphatic rings. The molecule has 0 fully saturated rings. The smallest absolute Gasteiger partial charge is 0.332 e. The van der Waals surface area contributed by atoms with Crippen molar-refractivity contribution in [1.82, 2.24) is 9.97 Å². The highest BCUT2D eigenvalue weighted by Gasteiger charge is 2.22. The maximum Gasteiger partial charge on any atom is 0.332 e. The normalized spacial score (nSPS) is 10.3. The van der Waals surface area contributed by atoms with E-state index in [2.05, 4.69) is 36.6 Å². The zero-order chi connectivity index (χ0) is 15.6. The Labute approximate surface area is 129 Å². The lowest BCUT2D eigenvalue weighted by atomic mass is 10.2. The Morgan fingerprint density at radius 1 is 1.33 bits per heavy atom. The number of nitrogens with two attached hydrogens (primary N) is 1. The van der Waals surface area contributed by atoms with Gasteiger partial charge in [-0.2, -0.15) is 4.98 Å². The quantitative estimate of drug-likeness (QED) is 0.439. The molecule has 0 aliphatic heterocycles. The number of halogens is 1. The molecule has 0 amide bonds. The van der Waals surface area contributed by atoms with Gasteiger partial charge in [0.15, 0.2) is 0 Å². The number of hydrogen-bond acceptors (Lipinski definition) is 7. The first-order chi connectivity index (χ1) is 9.92. The predicted molar refractivity (Wildman–Crippen MR) is 83.4 cm³/mol. The summed E-state index contributed by atoms with van der Waals surface area (Å²) in [5.74, 6) is 5.46. The largest absolute Gasteiger partial charge is 0.334 e. The lowest BCUT2D eigenvalue weighted by Gasteiger charge is -2.10. The summed E-state index contributed by atoms with van der Waals surface area (Å²) in [5, 5.41) is 14.1. The van der Waals surface area contributed by atoms with Gasteiger partial charge < -0.3 is 5.32 Å². The number of nitrogens with one attached hydrogen (secondary N) is 2. The second-order valence-corrected chi connectivity index (χ2v) is 5.17. The molecule has 2 rings (SSSR count). The molecular weight excluding hydrogens is 340 g/mol. The second-order valence-electron chi connectivity index (χ2n) is 4.32. The van der Waals surface area contributed by atoms with E-state index in [1.807, 2.05) is 19.1 Å². The fraction of sp³-hybridized carbons (Fsp3) is 0.167. The molecule has 4 N–H and O–H groups in total. The zero-order valence-corrected chi connectivity index (χ0v) is 12.9. The van der Waals surface area contributed by atoms with E-state index >= 15 is 0 Å². The number of hydrazine groups is 1. The molecule has 1 aromatic carbocycles. The summed E-state index contributed by atoms with van der Waals surface area (Å²) in [4.78, 5) is 18.6. The number of nitrogen functional groups attached to an aromatic ring is 1. The average Bonchev–Trinajstić information content (AvgIpc) is 2.41. The van der Waals surface area contributed by atoms with E-state index in [1.165, 1.54) is 6.92 Å². The SMILES string of the molecule is Cc1cc(Nc2nc(NN)nc(C)c2[N+](=O)[O-])ccc1Br. The van der Waals surface area contributed by atoms with Crippen molar-refractivity contribution < 1.29 is 4.92 Å². The van der Waals surface area contributed by atoms with Gasteiger partial charge in [0.2, 0.25) is 11.8 Å². The molecule has 21 heavy (non-hydrogen) atoms. The summed E-state index contributed by atoms with van der Waals surface area (Å²) >= 11 is 3.40. The van der Waals surface area contributed by atoms with E-state index < -0.39 is 4.92 Å². The van der Waals surface area contributed by atoms with Crippen molar-refractivity contribution in [3.8, 4) is 0 Å². The number of anilines is 3. The summed E-state index contributed by atoms with van der Waals surface area (Å²) in [7, 11) is 0. The fourth-order valence-corrected chi connectivity index (χ4v) is 2.04. The van der Waals surface area contributed by atoms with Gasteiger partial charge in [-0.1, -0.05) is 15.9 Å². The Bertz CT molecular complexity index is 706. The zero-order valence-electron chi connectivity index (χ0n) is 11.3. The van der Waals surface area contributed by atoms with Crippen LogP contribution in [0, 0.1) is 24.0 Å². The van der Waals surface area contributed by atoms with Gasteiger partial charge in [-0.25, -0.2) is 10.8 Å². The standard InChI is InChI=1S/C12H13BrN6O2/c1-6-5-8(3-4-9(6)13)16-11-10(19(20)21)7(2)15-12(17-11)18-14/h3-5H,14H2,1-2H3,(H2,15,16,17,18). The third-order valence-corrected chi connectivity index (χ3v) is 3.68. The minimum Gasteiger partial charge on any atom is -0.334 e. The number of nitro groups is 1. The van der Waals surface area contributed by atoms with Crippen LogP contribution in [0.3, 0.4) is 0 Å². The van der Waals surface area contributed by atoms with Crippen LogP contribution in [0.2, 0.25) is 0 Å². The van der Waals surface area contributed by atoms with E-state index in [1.54, 1.807) is 6.07 Å². The van der Waals surface area contributed by atoms with Crippen LogP contribution < -0.4 is 16.6 Å². The number of benzene rings is 1. The van der Waals surface area contributed by atoms with Crippen molar-refractivity contribution in [2.45, 2.75) is 13.8 Å². The minimum absolute atomic E-state index is 0.0853. The summed E-state index contributed by atoms with van der Waals surface area (Å²) in [6.45, 7) is 3.44. The van der Waals surface area contributed by atoms with Crippen molar-refractivity contribution in [3.05, 3.63) is 44.0 Å². The van der Waals surface area contributed by atoms with Gasteiger partial charge in [0.1, 0.15) is 5.69 Å². The van der Waals surface area contributed by atoms with Gasteiger partial charge in [0, 0.05) is 10.2 Å². The van der Waals surface area contributed by atoms with Crippen LogP contribution in [0.1, 0.15) is 11.3 Å². The first-order valence-electron chi connectivity index (χ1n) is 5.95. The Kier molecular flexibility index (Phi) is 4.34. The van der Waals surface area contributed by atoms with Crippen molar-refractivity contribution in [2.24, 2.45) is 5.84 Å². The predicted octanol–water partition coefficient (Wildman–Crippen LogP) is 2.79. The molecule has 0 aliphatic carbocycles. The van der Waals surface area contributed by atoms with E-state index in [4.69, 9.17) is 5.84 Å². The summed E-state index contributed by atoms with van der Waals surface area (Å²) in [6.07, 6.45) is 0. The van der Waals surface area contributed by atoms with E-state index in [0.717, 1.165) is 10.0 Å². The first-order valence-corrected chi connectivity index (χ1v) is 6.74. The van der Waals surface area contributed by atoms with Crippen molar-refractivity contribution in [2.75, 3.05) is 10.7 Å². The number of aryl methyl sites for hydroxylation is 2. The molecule has 1 heterocycles. The topological polar surface area (TPSA) is 119 Å². The molecule has 0 spiro atoms. The second kappa shape index (κ2) is 6.02. The Morgan fingerprint density at radius 3 is 2.62 bits per heavy atom. The lowest BCUT2D eigenvalue weighted by molar-refractivity contribution is -0.385. The highest BCUT2D eigenvalue weighted by Crippen LogP contribution is 2.30. The van der Waals surface area contributed by atoms with Gasteiger partial charge in [0.05, 0.1) is 4.92 Å². The van der Waals surface area contributed by atoms with Gasteiger partial charge in [-0.05, 0) is 37.6 Å². The minimum atomic E-state index is -0.524. The van der Waals surface area contributed by atoms with E-state index in [-0.39, 0.29) is 23.1 Å². The first kappa shape index (κ1) is 15.1. The molecule has 110 valence electrons. The van der Waals surface area contributed by atoms with Gasteiger partial charge in [-0.3, -0.25) is 15.5 Å². The molecule has 1 aromatic heterocycles. The van der Waals surface area contributed by atoms with Crippen LogP contribution in [-0.2, 0) is 0 Å². The maximum atomic E-state index is 11.2. The molecule has 8 nitrogen and oxygen atoms in total. The van der Waals surface area contributed by atoms with Gasteiger partial charge in [-0.15, -0.1) is 0 Å².